The zero-order valence-corrected chi connectivity index (χ0v) is 13.5. The Balaban J connectivity index is 2.33. The third-order valence-electron chi connectivity index (χ3n) is 2.88. The van der Waals surface area contributed by atoms with Crippen molar-refractivity contribution in [1.82, 2.24) is 9.71 Å². The molecule has 0 saturated carbocycles. The Morgan fingerprint density at radius 1 is 1.25 bits per heavy atom. The third kappa shape index (κ3) is 6.21. The summed E-state index contributed by atoms with van der Waals surface area (Å²) in [7, 11) is -3.49. The molecule has 0 amide bonds. The van der Waals surface area contributed by atoms with Gasteiger partial charge in [0.05, 0.1) is 0 Å². The highest BCUT2D eigenvalue weighted by Crippen LogP contribution is 2.07. The van der Waals surface area contributed by atoms with Crippen molar-refractivity contribution in [2.24, 2.45) is 5.73 Å². The van der Waals surface area contributed by atoms with Crippen molar-refractivity contribution in [3.63, 3.8) is 0 Å². The van der Waals surface area contributed by atoms with E-state index in [9.17, 15) is 8.42 Å². The molecule has 3 N–H and O–H groups in total. The Bertz CT molecular complexity index is 475. The molecule has 0 unspecified atom stereocenters. The van der Waals surface area contributed by atoms with Crippen LogP contribution in [-0.4, -0.2) is 32.0 Å². The van der Waals surface area contributed by atoms with Crippen molar-refractivity contribution in [2.45, 2.75) is 37.3 Å². The molecular formula is C13H23N3O2S2. The van der Waals surface area contributed by atoms with E-state index in [0.717, 1.165) is 24.8 Å². The maximum absolute atomic E-state index is 12.0. The van der Waals surface area contributed by atoms with E-state index in [1.54, 1.807) is 6.07 Å². The Morgan fingerprint density at radius 3 is 2.60 bits per heavy atom. The van der Waals surface area contributed by atoms with Crippen LogP contribution in [0, 0.1) is 0 Å². The molecule has 1 heterocycles. The second kappa shape index (κ2) is 9.33. The minimum atomic E-state index is -3.49. The van der Waals surface area contributed by atoms with E-state index in [-0.39, 0.29) is 5.03 Å². The summed E-state index contributed by atoms with van der Waals surface area (Å²) in [5.74, 6) is 1.17. The molecule has 0 aliphatic rings. The van der Waals surface area contributed by atoms with Gasteiger partial charge < -0.3 is 5.73 Å². The van der Waals surface area contributed by atoms with Crippen molar-refractivity contribution in [1.29, 1.82) is 0 Å². The van der Waals surface area contributed by atoms with Gasteiger partial charge in [-0.15, -0.1) is 0 Å². The third-order valence-corrected chi connectivity index (χ3v) is 4.95. The van der Waals surface area contributed by atoms with Gasteiger partial charge in [0, 0.05) is 19.3 Å². The first-order valence-electron chi connectivity index (χ1n) is 6.74. The summed E-state index contributed by atoms with van der Waals surface area (Å²) in [6, 6.07) is 3.17. The Kier molecular flexibility index (Phi) is 8.13. The fourth-order valence-electron chi connectivity index (χ4n) is 1.70. The SMILES string of the molecule is CSCCCCCCNS(=O)(=O)c1ccc(CN)cn1. The minimum absolute atomic E-state index is 0.0529. The van der Waals surface area contributed by atoms with Crippen LogP contribution in [0.2, 0.25) is 0 Å². The molecule has 20 heavy (non-hydrogen) atoms. The van der Waals surface area contributed by atoms with Crippen molar-refractivity contribution >= 4 is 21.8 Å². The van der Waals surface area contributed by atoms with Gasteiger partial charge in [-0.25, -0.2) is 18.1 Å². The number of thioether (sulfide) groups is 1. The molecule has 7 heteroatoms. The van der Waals surface area contributed by atoms with Gasteiger partial charge in [-0.3, -0.25) is 0 Å². The van der Waals surface area contributed by atoms with Gasteiger partial charge in [-0.05, 0) is 36.5 Å². The quantitative estimate of drug-likeness (QED) is 0.642. The first kappa shape index (κ1) is 17.4. The molecule has 1 rings (SSSR count). The van der Waals surface area contributed by atoms with Gasteiger partial charge in [0.15, 0.2) is 5.03 Å². The van der Waals surface area contributed by atoms with Crippen LogP contribution in [0.1, 0.15) is 31.2 Å². The molecule has 0 fully saturated rings. The summed E-state index contributed by atoms with van der Waals surface area (Å²) < 4.78 is 26.5. The highest BCUT2D eigenvalue weighted by molar-refractivity contribution is 7.98. The summed E-state index contributed by atoms with van der Waals surface area (Å²) in [6.07, 6.45) is 7.83. The molecule has 1 aromatic heterocycles. The Morgan fingerprint density at radius 2 is 2.00 bits per heavy atom. The van der Waals surface area contributed by atoms with E-state index in [1.165, 1.54) is 24.4 Å². The summed E-state index contributed by atoms with van der Waals surface area (Å²) in [5, 5.41) is 0.0529. The highest BCUT2D eigenvalue weighted by atomic mass is 32.2. The Hall–Kier alpha value is -0.630. The average molecular weight is 317 g/mol. The molecule has 0 spiro atoms. The van der Waals surface area contributed by atoms with Crippen LogP contribution < -0.4 is 10.5 Å². The second-order valence-electron chi connectivity index (χ2n) is 4.51. The van der Waals surface area contributed by atoms with E-state index in [0.29, 0.717) is 13.1 Å². The zero-order chi connectivity index (χ0) is 14.8. The molecular weight excluding hydrogens is 294 g/mol. The van der Waals surface area contributed by atoms with Crippen molar-refractivity contribution in [3.8, 4) is 0 Å². The maximum Gasteiger partial charge on any atom is 0.258 e. The molecule has 0 aliphatic heterocycles. The lowest BCUT2D eigenvalue weighted by Crippen LogP contribution is -2.25. The van der Waals surface area contributed by atoms with E-state index in [4.69, 9.17) is 5.73 Å². The van der Waals surface area contributed by atoms with Crippen LogP contribution >= 0.6 is 11.8 Å². The number of unbranched alkanes of at least 4 members (excludes halogenated alkanes) is 3. The fourth-order valence-corrected chi connectivity index (χ4v) is 3.19. The number of hydrogen-bond acceptors (Lipinski definition) is 5. The van der Waals surface area contributed by atoms with Crippen LogP contribution in [0.3, 0.4) is 0 Å². The largest absolute Gasteiger partial charge is 0.326 e. The monoisotopic (exact) mass is 317 g/mol. The molecule has 1 aromatic rings. The summed E-state index contributed by atoms with van der Waals surface area (Å²) >= 11 is 1.84. The summed E-state index contributed by atoms with van der Waals surface area (Å²) in [5.41, 5.74) is 6.27. The molecule has 0 atom stereocenters. The number of nitrogens with two attached hydrogens (primary N) is 1. The second-order valence-corrected chi connectivity index (χ2v) is 7.21. The first-order chi connectivity index (χ1) is 9.60. The number of aromatic nitrogens is 1. The molecule has 0 saturated heterocycles. The number of hydrogen-bond donors (Lipinski definition) is 2. The van der Waals surface area contributed by atoms with Gasteiger partial charge >= 0.3 is 0 Å². The van der Waals surface area contributed by atoms with Crippen molar-refractivity contribution in [3.05, 3.63) is 23.9 Å². The number of rotatable bonds is 10. The normalized spacial score (nSPS) is 11.7. The molecule has 0 aromatic carbocycles. The summed E-state index contributed by atoms with van der Waals surface area (Å²) in [6.45, 7) is 0.818. The predicted molar refractivity (Wildman–Crippen MR) is 84.2 cm³/mol. The van der Waals surface area contributed by atoms with Gasteiger partial charge in [-0.2, -0.15) is 11.8 Å². The fraction of sp³-hybridized carbons (Fsp3) is 0.615. The van der Waals surface area contributed by atoms with Gasteiger partial charge in [-0.1, -0.05) is 18.9 Å². The van der Waals surface area contributed by atoms with E-state index in [1.807, 2.05) is 11.8 Å². The highest BCUT2D eigenvalue weighted by Gasteiger charge is 2.14. The van der Waals surface area contributed by atoms with Crippen LogP contribution in [-0.2, 0) is 16.6 Å². The molecule has 0 aliphatic carbocycles. The van der Waals surface area contributed by atoms with Gasteiger partial charge in [0.25, 0.3) is 10.0 Å². The lowest BCUT2D eigenvalue weighted by Gasteiger charge is -2.06. The van der Waals surface area contributed by atoms with E-state index in [2.05, 4.69) is 16.0 Å². The van der Waals surface area contributed by atoms with E-state index >= 15 is 0 Å². The topological polar surface area (TPSA) is 85.1 Å². The summed E-state index contributed by atoms with van der Waals surface area (Å²) in [4.78, 5) is 3.93. The van der Waals surface area contributed by atoms with Crippen LogP contribution in [0.15, 0.2) is 23.4 Å². The van der Waals surface area contributed by atoms with Crippen molar-refractivity contribution in [2.75, 3.05) is 18.6 Å². The predicted octanol–water partition coefficient (Wildman–Crippen LogP) is 1.74. The molecule has 0 radical (unpaired) electrons. The smallest absolute Gasteiger partial charge is 0.258 e. The van der Waals surface area contributed by atoms with Crippen molar-refractivity contribution < 1.29 is 8.42 Å². The lowest BCUT2D eigenvalue weighted by atomic mass is 10.2. The average Bonchev–Trinajstić information content (AvgIpc) is 2.46. The zero-order valence-electron chi connectivity index (χ0n) is 11.8. The van der Waals surface area contributed by atoms with Gasteiger partial charge in [0.2, 0.25) is 0 Å². The standard InChI is InChI=1S/C13H23N3O2S2/c1-19-9-5-3-2-4-8-16-20(17,18)13-7-6-12(10-14)11-15-13/h6-7,11,16H,2-5,8-10,14H2,1H3. The van der Waals surface area contributed by atoms with E-state index < -0.39 is 10.0 Å². The minimum Gasteiger partial charge on any atom is -0.326 e. The number of nitrogens with one attached hydrogen (secondary N) is 1. The number of nitrogens with zero attached hydrogens (tertiary/aromatic N) is 1. The van der Waals surface area contributed by atoms with Crippen LogP contribution in [0.25, 0.3) is 0 Å². The van der Waals surface area contributed by atoms with Gasteiger partial charge in [0.1, 0.15) is 0 Å². The number of pyridine rings is 1. The number of sulfonamides is 1. The lowest BCUT2D eigenvalue weighted by molar-refractivity contribution is 0.570. The Labute approximate surface area is 125 Å². The molecule has 114 valence electrons. The molecule has 5 nitrogen and oxygen atoms in total. The van der Waals surface area contributed by atoms with Crippen LogP contribution in [0.5, 0.6) is 0 Å². The maximum atomic E-state index is 12.0. The van der Waals surface area contributed by atoms with Crippen LogP contribution in [0.4, 0.5) is 0 Å². The molecule has 0 bridgehead atoms. The first-order valence-corrected chi connectivity index (χ1v) is 9.61.